The molecule has 0 aromatic carbocycles. The van der Waals surface area contributed by atoms with Gasteiger partial charge in [0.05, 0.1) is 5.92 Å². The zero-order valence-electron chi connectivity index (χ0n) is 10.2. The standard InChI is InChI=1S/C13H16O4/c1-5(14)16-10-8-6-7-9(10)12(7,2)4-13(8,3)17-11(6)15/h6-10H,4H2,1-3H3/t6-,7+,8-,9+,10+,12-,13-/m1/s1. The first kappa shape index (κ1) is 9.92. The Kier molecular flexibility index (Phi) is 1.39. The highest BCUT2D eigenvalue weighted by molar-refractivity contribution is 5.80. The van der Waals surface area contributed by atoms with E-state index in [1.54, 1.807) is 0 Å². The number of esters is 2. The summed E-state index contributed by atoms with van der Waals surface area (Å²) in [6, 6.07) is 0. The highest BCUT2D eigenvalue weighted by Gasteiger charge is 2.87. The Balaban J connectivity index is 1.80. The third-order valence-electron chi connectivity index (χ3n) is 5.63. The van der Waals surface area contributed by atoms with Gasteiger partial charge in [-0.3, -0.25) is 9.59 Å². The highest BCUT2D eigenvalue weighted by atomic mass is 16.6. The van der Waals surface area contributed by atoms with Gasteiger partial charge in [0.25, 0.3) is 0 Å². The normalized spacial score (nSPS) is 61.1. The van der Waals surface area contributed by atoms with E-state index in [1.807, 2.05) is 6.92 Å². The molecule has 5 rings (SSSR count). The Hall–Kier alpha value is -1.06. The van der Waals surface area contributed by atoms with Crippen LogP contribution < -0.4 is 0 Å². The Morgan fingerprint density at radius 3 is 2.71 bits per heavy atom. The van der Waals surface area contributed by atoms with E-state index < -0.39 is 5.60 Å². The molecule has 1 heterocycles. The summed E-state index contributed by atoms with van der Waals surface area (Å²) in [6.45, 7) is 5.65. The molecule has 4 heteroatoms. The maximum Gasteiger partial charge on any atom is 0.310 e. The molecule has 92 valence electrons. The van der Waals surface area contributed by atoms with Crippen molar-refractivity contribution in [3.63, 3.8) is 0 Å². The van der Waals surface area contributed by atoms with Gasteiger partial charge >= 0.3 is 11.9 Å². The summed E-state index contributed by atoms with van der Waals surface area (Å²) in [5.74, 6) is 0.543. The minimum Gasteiger partial charge on any atom is -0.462 e. The molecule has 0 radical (unpaired) electrons. The molecule has 5 aliphatic rings. The van der Waals surface area contributed by atoms with Crippen LogP contribution in [0.3, 0.4) is 0 Å². The van der Waals surface area contributed by atoms with E-state index in [4.69, 9.17) is 9.47 Å². The molecule has 17 heavy (non-hydrogen) atoms. The van der Waals surface area contributed by atoms with Crippen molar-refractivity contribution in [2.24, 2.45) is 29.1 Å². The van der Waals surface area contributed by atoms with Crippen molar-refractivity contribution >= 4 is 11.9 Å². The highest BCUT2D eigenvalue weighted by Crippen LogP contribution is 2.82. The summed E-state index contributed by atoms with van der Waals surface area (Å²) in [5, 5.41) is 0. The first-order chi connectivity index (χ1) is 7.88. The lowest BCUT2D eigenvalue weighted by atomic mass is 9.64. The van der Waals surface area contributed by atoms with Crippen LogP contribution in [0.25, 0.3) is 0 Å². The third kappa shape index (κ3) is 0.860. The Morgan fingerprint density at radius 2 is 2.06 bits per heavy atom. The van der Waals surface area contributed by atoms with Gasteiger partial charge in [-0.25, -0.2) is 0 Å². The summed E-state index contributed by atoms with van der Waals surface area (Å²) in [6.07, 6.45) is 0.831. The van der Waals surface area contributed by atoms with Crippen molar-refractivity contribution in [1.82, 2.24) is 0 Å². The first-order valence-electron chi connectivity index (χ1n) is 6.28. The maximum absolute atomic E-state index is 11.9. The van der Waals surface area contributed by atoms with Crippen LogP contribution in [-0.4, -0.2) is 23.6 Å². The summed E-state index contributed by atoms with van der Waals surface area (Å²) < 4.78 is 11.1. The van der Waals surface area contributed by atoms with Gasteiger partial charge in [0, 0.05) is 18.8 Å². The van der Waals surface area contributed by atoms with Crippen LogP contribution in [0.1, 0.15) is 27.2 Å². The van der Waals surface area contributed by atoms with E-state index in [0.29, 0.717) is 11.8 Å². The molecule has 0 aromatic rings. The van der Waals surface area contributed by atoms with Gasteiger partial charge in [0.2, 0.25) is 0 Å². The van der Waals surface area contributed by atoms with Crippen LogP contribution in [0.4, 0.5) is 0 Å². The first-order valence-corrected chi connectivity index (χ1v) is 6.28. The molecule has 5 fully saturated rings. The van der Waals surface area contributed by atoms with Crippen molar-refractivity contribution in [3.8, 4) is 0 Å². The van der Waals surface area contributed by atoms with Crippen LogP contribution in [-0.2, 0) is 19.1 Å². The monoisotopic (exact) mass is 236 g/mol. The van der Waals surface area contributed by atoms with Crippen molar-refractivity contribution in [3.05, 3.63) is 0 Å². The fraction of sp³-hybridized carbons (Fsp3) is 0.846. The van der Waals surface area contributed by atoms with E-state index in [1.165, 1.54) is 6.92 Å². The van der Waals surface area contributed by atoms with E-state index in [2.05, 4.69) is 6.92 Å². The van der Waals surface area contributed by atoms with E-state index in [9.17, 15) is 9.59 Å². The fourth-order valence-corrected chi connectivity index (χ4v) is 5.37. The molecule has 1 aliphatic heterocycles. The van der Waals surface area contributed by atoms with Crippen molar-refractivity contribution < 1.29 is 19.1 Å². The third-order valence-corrected chi connectivity index (χ3v) is 5.63. The van der Waals surface area contributed by atoms with Gasteiger partial charge in [0.15, 0.2) is 0 Å². The zero-order chi connectivity index (χ0) is 12.2. The quantitative estimate of drug-likeness (QED) is 0.640. The molecular formula is C13H16O4. The molecular weight excluding hydrogens is 220 g/mol. The van der Waals surface area contributed by atoms with Gasteiger partial charge in [-0.2, -0.15) is 0 Å². The smallest absolute Gasteiger partial charge is 0.310 e. The number of hydrogen-bond acceptors (Lipinski definition) is 4. The summed E-state index contributed by atoms with van der Waals surface area (Å²) in [4.78, 5) is 23.2. The van der Waals surface area contributed by atoms with Gasteiger partial charge < -0.3 is 9.47 Å². The molecule has 6 bridgehead atoms. The summed E-state index contributed by atoms with van der Waals surface area (Å²) in [7, 11) is 0. The zero-order valence-corrected chi connectivity index (χ0v) is 10.2. The second-order valence-electron chi connectivity index (χ2n) is 6.59. The number of rotatable bonds is 1. The Morgan fingerprint density at radius 1 is 1.35 bits per heavy atom. The van der Waals surface area contributed by atoms with Crippen LogP contribution in [0.5, 0.6) is 0 Å². The average Bonchev–Trinajstić information content (AvgIpc) is 2.54. The Labute approximate surface area is 99.6 Å². The van der Waals surface area contributed by atoms with Gasteiger partial charge in [-0.05, 0) is 24.7 Å². The second kappa shape index (κ2) is 2.38. The van der Waals surface area contributed by atoms with Crippen molar-refractivity contribution in [2.75, 3.05) is 0 Å². The molecule has 0 spiro atoms. The number of carbonyl (C=O) groups is 2. The van der Waals surface area contributed by atoms with Gasteiger partial charge in [-0.1, -0.05) is 6.92 Å². The van der Waals surface area contributed by atoms with Crippen molar-refractivity contribution in [1.29, 1.82) is 0 Å². The molecule has 1 saturated heterocycles. The summed E-state index contributed by atoms with van der Waals surface area (Å²) >= 11 is 0. The van der Waals surface area contributed by atoms with Crippen LogP contribution in [0.15, 0.2) is 0 Å². The Bertz CT molecular complexity index is 458. The topological polar surface area (TPSA) is 52.6 Å². The van der Waals surface area contributed by atoms with Gasteiger partial charge in [0.1, 0.15) is 11.7 Å². The predicted molar refractivity (Wildman–Crippen MR) is 56.7 cm³/mol. The number of carbonyl (C=O) groups excluding carboxylic acids is 2. The van der Waals surface area contributed by atoms with E-state index >= 15 is 0 Å². The van der Waals surface area contributed by atoms with Crippen LogP contribution >= 0.6 is 0 Å². The molecule has 0 amide bonds. The SMILES string of the molecule is CC(=O)O[C@@H]1[C@@H]2[C@@H]3[C@H]4C(=O)O[C@](C)(C[C@@]23C)[C@@H]14. The lowest BCUT2D eigenvalue weighted by Gasteiger charge is -2.43. The maximum atomic E-state index is 11.9. The molecule has 7 atom stereocenters. The molecule has 0 unspecified atom stereocenters. The average molecular weight is 236 g/mol. The lowest BCUT2D eigenvalue weighted by Crippen LogP contribution is -2.50. The second-order valence-corrected chi connectivity index (χ2v) is 6.59. The lowest BCUT2D eigenvalue weighted by molar-refractivity contribution is -0.165. The van der Waals surface area contributed by atoms with Crippen LogP contribution in [0, 0.1) is 29.1 Å². The van der Waals surface area contributed by atoms with Crippen molar-refractivity contribution in [2.45, 2.75) is 38.9 Å². The number of hydrogen-bond donors (Lipinski definition) is 0. The largest absolute Gasteiger partial charge is 0.462 e. The molecule has 0 N–H and O–H groups in total. The van der Waals surface area contributed by atoms with E-state index in [0.717, 1.165) is 6.42 Å². The fourth-order valence-electron chi connectivity index (χ4n) is 5.37. The minimum absolute atomic E-state index is 0.0203. The summed E-state index contributed by atoms with van der Waals surface area (Å²) in [5.41, 5.74) is -0.249. The predicted octanol–water partition coefficient (Wildman–Crippen LogP) is 1.14. The molecule has 4 saturated carbocycles. The van der Waals surface area contributed by atoms with Crippen LogP contribution in [0.2, 0.25) is 0 Å². The molecule has 4 aliphatic carbocycles. The molecule has 4 nitrogen and oxygen atoms in total. The minimum atomic E-state index is -0.403. The van der Waals surface area contributed by atoms with E-state index in [-0.39, 0.29) is 35.3 Å². The molecule has 0 aromatic heterocycles. The van der Waals surface area contributed by atoms with Gasteiger partial charge in [-0.15, -0.1) is 0 Å². The number of ether oxygens (including phenoxy) is 2.